The molecule has 0 unspecified atom stereocenters. The number of esters is 2. The Bertz CT molecular complexity index is 774. The Morgan fingerprint density at radius 1 is 1.12 bits per heavy atom. The number of hydrogen-bond donors (Lipinski definition) is 2. The number of Topliss-reactive ketones (excluding diaryl/α,β-unsaturated/α-hetero) is 1. The maximum Gasteiger partial charge on any atom is 0.377 e. The van der Waals surface area contributed by atoms with E-state index >= 15 is 0 Å². The summed E-state index contributed by atoms with van der Waals surface area (Å²) in [4.78, 5) is 48.0. The second kappa shape index (κ2) is 10.1. The first kappa shape index (κ1) is 25.7. The third kappa shape index (κ3) is 5.58. The van der Waals surface area contributed by atoms with E-state index in [-0.39, 0.29) is 30.1 Å². The molecule has 3 fully saturated rings. The van der Waals surface area contributed by atoms with Gasteiger partial charge >= 0.3 is 17.9 Å². The number of aliphatic hydroxyl groups is 1. The van der Waals surface area contributed by atoms with Gasteiger partial charge in [-0.1, -0.05) is 20.3 Å². The summed E-state index contributed by atoms with van der Waals surface area (Å²) in [7, 11) is 0. The standard InChI is InChI=1S/C25H38O8/c1-5-25(3,4)24(31)33-19-11-15(22(28)29)10-14-7-6-13(2)17(20(14)19)9-8-16-12-18(26)21(27)23(30)32-16/h13-20,26H,5-12H2,1-4H3,(H,28,29)/t13-,14-,15-,16+,17-,18+,19-,20-/m0/s1. The van der Waals surface area contributed by atoms with Crippen molar-refractivity contribution in [1.82, 2.24) is 0 Å². The number of hydrogen-bond acceptors (Lipinski definition) is 7. The van der Waals surface area contributed by atoms with Crippen LogP contribution in [0.1, 0.15) is 79.1 Å². The molecule has 8 nitrogen and oxygen atoms in total. The van der Waals surface area contributed by atoms with Crippen LogP contribution in [0.15, 0.2) is 0 Å². The molecule has 0 spiro atoms. The molecule has 186 valence electrons. The predicted octanol–water partition coefficient (Wildman–Crippen LogP) is 3.13. The van der Waals surface area contributed by atoms with Crippen LogP contribution in [-0.4, -0.2) is 52.2 Å². The van der Waals surface area contributed by atoms with Gasteiger partial charge in [-0.25, -0.2) is 4.79 Å². The van der Waals surface area contributed by atoms with Gasteiger partial charge in [-0.3, -0.25) is 14.4 Å². The Labute approximate surface area is 195 Å². The number of carbonyl (C=O) groups excluding carboxylic acids is 3. The van der Waals surface area contributed by atoms with Crippen LogP contribution in [0.5, 0.6) is 0 Å². The van der Waals surface area contributed by atoms with E-state index in [4.69, 9.17) is 9.47 Å². The zero-order valence-electron chi connectivity index (χ0n) is 20.1. The summed E-state index contributed by atoms with van der Waals surface area (Å²) in [5.41, 5.74) is -0.638. The van der Waals surface area contributed by atoms with Crippen molar-refractivity contribution in [2.45, 2.75) is 97.4 Å². The van der Waals surface area contributed by atoms with Gasteiger partial charge < -0.3 is 19.7 Å². The average Bonchev–Trinajstić information content (AvgIpc) is 2.76. The summed E-state index contributed by atoms with van der Waals surface area (Å²) >= 11 is 0. The minimum atomic E-state index is -1.32. The number of carboxylic acid groups (broad SMARTS) is 1. The molecule has 0 aromatic carbocycles. The molecule has 2 saturated carbocycles. The fraction of sp³-hybridized carbons (Fsp3) is 0.840. The summed E-state index contributed by atoms with van der Waals surface area (Å²) in [6.45, 7) is 7.79. The van der Waals surface area contributed by atoms with Gasteiger partial charge in [0.05, 0.1) is 11.3 Å². The highest BCUT2D eigenvalue weighted by molar-refractivity contribution is 6.35. The summed E-state index contributed by atoms with van der Waals surface area (Å²) in [6.07, 6.45) is 2.41. The number of fused-ring (bicyclic) bond motifs is 1. The molecule has 3 rings (SSSR count). The lowest BCUT2D eigenvalue weighted by Gasteiger charge is -2.50. The SMILES string of the molecule is CCC(C)(C)C(=O)O[C@H]1C[C@@H](C(=O)O)C[C@@H]2CC[C@H](C)[C@H](CC[C@@H]3C[C@@H](O)C(=O)C(=O)O3)[C@H]21. The number of aliphatic hydroxyl groups excluding tert-OH is 1. The molecule has 0 aromatic rings. The zero-order valence-corrected chi connectivity index (χ0v) is 20.1. The third-order valence-electron chi connectivity index (χ3n) is 8.43. The van der Waals surface area contributed by atoms with Gasteiger partial charge in [0, 0.05) is 12.3 Å². The van der Waals surface area contributed by atoms with Gasteiger partial charge in [0.1, 0.15) is 18.3 Å². The monoisotopic (exact) mass is 466 g/mol. The minimum Gasteiger partial charge on any atom is -0.481 e. The van der Waals surface area contributed by atoms with Crippen LogP contribution in [0.25, 0.3) is 0 Å². The van der Waals surface area contributed by atoms with E-state index in [1.807, 2.05) is 20.8 Å². The molecule has 1 aliphatic heterocycles. The van der Waals surface area contributed by atoms with Crippen molar-refractivity contribution in [2.75, 3.05) is 0 Å². The average molecular weight is 467 g/mol. The molecule has 3 aliphatic rings. The molecule has 1 saturated heterocycles. The smallest absolute Gasteiger partial charge is 0.377 e. The van der Waals surface area contributed by atoms with Gasteiger partial charge in [-0.2, -0.15) is 0 Å². The summed E-state index contributed by atoms with van der Waals surface area (Å²) in [5, 5.41) is 19.6. The van der Waals surface area contributed by atoms with Crippen LogP contribution in [0.4, 0.5) is 0 Å². The van der Waals surface area contributed by atoms with Crippen LogP contribution < -0.4 is 0 Å². The molecule has 33 heavy (non-hydrogen) atoms. The van der Waals surface area contributed by atoms with Crippen molar-refractivity contribution in [1.29, 1.82) is 0 Å². The van der Waals surface area contributed by atoms with Crippen LogP contribution in [0.3, 0.4) is 0 Å². The van der Waals surface area contributed by atoms with Gasteiger partial charge in [0.15, 0.2) is 0 Å². The molecule has 8 heteroatoms. The van der Waals surface area contributed by atoms with E-state index in [9.17, 15) is 29.4 Å². The predicted molar refractivity (Wildman–Crippen MR) is 118 cm³/mol. The molecule has 2 aliphatic carbocycles. The Morgan fingerprint density at radius 3 is 2.42 bits per heavy atom. The van der Waals surface area contributed by atoms with Crippen molar-refractivity contribution in [3.8, 4) is 0 Å². The zero-order chi connectivity index (χ0) is 24.5. The molecule has 1 heterocycles. The first-order valence-corrected chi connectivity index (χ1v) is 12.3. The normalized spacial score (nSPS) is 37.1. The van der Waals surface area contributed by atoms with Crippen molar-refractivity contribution in [2.24, 2.45) is 35.0 Å². The maximum atomic E-state index is 12.9. The highest BCUT2D eigenvalue weighted by Crippen LogP contribution is 2.51. The van der Waals surface area contributed by atoms with Crippen LogP contribution >= 0.6 is 0 Å². The number of aliphatic carboxylic acids is 1. The lowest BCUT2D eigenvalue weighted by Crippen LogP contribution is -2.50. The topological polar surface area (TPSA) is 127 Å². The summed E-state index contributed by atoms with van der Waals surface area (Å²) in [5.74, 6) is -2.81. The van der Waals surface area contributed by atoms with Crippen molar-refractivity contribution < 1.29 is 38.9 Å². The third-order valence-corrected chi connectivity index (χ3v) is 8.43. The van der Waals surface area contributed by atoms with E-state index in [1.165, 1.54) is 0 Å². The molecule has 2 N–H and O–H groups in total. The minimum absolute atomic E-state index is 0.0480. The number of cyclic esters (lactones) is 1. The number of rotatable bonds is 7. The van der Waals surface area contributed by atoms with Gasteiger partial charge in [0.2, 0.25) is 0 Å². The van der Waals surface area contributed by atoms with E-state index in [2.05, 4.69) is 6.92 Å². The van der Waals surface area contributed by atoms with Gasteiger partial charge in [0.25, 0.3) is 5.78 Å². The maximum absolute atomic E-state index is 12.9. The Kier molecular flexibility index (Phi) is 7.87. The number of carbonyl (C=O) groups is 4. The van der Waals surface area contributed by atoms with Crippen LogP contribution in [0, 0.1) is 35.0 Å². The van der Waals surface area contributed by atoms with E-state index in [0.717, 1.165) is 12.8 Å². The molecular weight excluding hydrogens is 428 g/mol. The van der Waals surface area contributed by atoms with E-state index < -0.39 is 47.4 Å². The van der Waals surface area contributed by atoms with E-state index in [0.29, 0.717) is 38.0 Å². The fourth-order valence-corrected chi connectivity index (χ4v) is 5.92. The second-order valence-corrected chi connectivity index (χ2v) is 11.0. The van der Waals surface area contributed by atoms with Crippen molar-refractivity contribution in [3.05, 3.63) is 0 Å². The Morgan fingerprint density at radius 2 is 1.82 bits per heavy atom. The first-order valence-electron chi connectivity index (χ1n) is 12.3. The molecule has 8 atom stereocenters. The van der Waals surface area contributed by atoms with Crippen molar-refractivity contribution >= 4 is 23.7 Å². The van der Waals surface area contributed by atoms with Gasteiger partial charge in [-0.05, 0) is 70.1 Å². The molecule has 0 aromatic heterocycles. The quantitative estimate of drug-likeness (QED) is 0.433. The molecule has 0 radical (unpaired) electrons. The summed E-state index contributed by atoms with van der Waals surface area (Å²) < 4.78 is 11.3. The number of carboxylic acids is 1. The highest BCUT2D eigenvalue weighted by atomic mass is 16.6. The van der Waals surface area contributed by atoms with Crippen molar-refractivity contribution in [3.63, 3.8) is 0 Å². The van der Waals surface area contributed by atoms with Crippen LogP contribution in [-0.2, 0) is 28.7 Å². The summed E-state index contributed by atoms with van der Waals surface area (Å²) in [6, 6.07) is 0. The Balaban J connectivity index is 1.78. The molecular formula is C25H38O8. The Hall–Kier alpha value is -1.96. The largest absolute Gasteiger partial charge is 0.481 e. The second-order valence-electron chi connectivity index (χ2n) is 11.0. The van der Waals surface area contributed by atoms with Crippen LogP contribution in [0.2, 0.25) is 0 Å². The molecule has 0 bridgehead atoms. The lowest BCUT2D eigenvalue weighted by molar-refractivity contribution is -0.178. The first-order chi connectivity index (χ1) is 15.4. The van der Waals surface area contributed by atoms with Gasteiger partial charge in [-0.15, -0.1) is 0 Å². The number of ketones is 1. The fourth-order valence-electron chi connectivity index (χ4n) is 5.92. The van der Waals surface area contributed by atoms with E-state index in [1.54, 1.807) is 0 Å². The highest BCUT2D eigenvalue weighted by Gasteiger charge is 2.50. The lowest BCUT2D eigenvalue weighted by atomic mass is 9.57. The molecule has 0 amide bonds. The number of ether oxygens (including phenoxy) is 2.